The molecule has 2 N–H and O–H groups in total. The Labute approximate surface area is 119 Å². The maximum Gasteiger partial charge on any atom is 0.372 e. The maximum absolute atomic E-state index is 10.9. The molecule has 0 saturated heterocycles. The monoisotopic (exact) mass is 323 g/mol. The van der Waals surface area contributed by atoms with Crippen LogP contribution in [0.15, 0.2) is 33.2 Å². The maximum atomic E-state index is 10.9. The van der Waals surface area contributed by atoms with Gasteiger partial charge in [0.2, 0.25) is 5.76 Å². The Hall–Kier alpha value is -1.75. The molecule has 100 valence electrons. The number of aromatic carboxylic acids is 1. The number of carboxylic acid groups (broad SMARTS) is 1. The third kappa shape index (κ3) is 3.38. The highest BCUT2D eigenvalue weighted by molar-refractivity contribution is 9.10. The molecule has 0 bridgehead atoms. The molecule has 2 rings (SSSR count). The summed E-state index contributed by atoms with van der Waals surface area (Å²) in [5, 5.41) is 12.1. The number of rotatable bonds is 4. The fourth-order valence-electron chi connectivity index (χ4n) is 1.88. The van der Waals surface area contributed by atoms with Crippen LogP contribution in [0.25, 0.3) is 0 Å². The van der Waals surface area contributed by atoms with E-state index in [1.807, 2.05) is 25.1 Å². The first-order chi connectivity index (χ1) is 8.95. The van der Waals surface area contributed by atoms with E-state index in [-0.39, 0.29) is 5.76 Å². The Balaban J connectivity index is 2.10. The molecular weight excluding hydrogens is 310 g/mol. The van der Waals surface area contributed by atoms with E-state index in [4.69, 9.17) is 9.52 Å². The number of hydrogen-bond acceptors (Lipinski definition) is 3. The first kappa shape index (κ1) is 13.7. The summed E-state index contributed by atoms with van der Waals surface area (Å²) in [6.45, 7) is 4.18. The number of nitrogens with one attached hydrogen (secondary N) is 1. The molecule has 0 atom stereocenters. The van der Waals surface area contributed by atoms with E-state index >= 15 is 0 Å². The van der Waals surface area contributed by atoms with E-state index in [0.29, 0.717) is 17.9 Å². The van der Waals surface area contributed by atoms with Crippen molar-refractivity contribution >= 4 is 27.6 Å². The molecule has 0 spiro atoms. The van der Waals surface area contributed by atoms with Crippen molar-refractivity contribution in [3.05, 3.63) is 51.4 Å². The predicted molar refractivity (Wildman–Crippen MR) is 76.6 cm³/mol. The lowest BCUT2D eigenvalue weighted by Gasteiger charge is -2.06. The summed E-state index contributed by atoms with van der Waals surface area (Å²) in [5.74, 6) is -0.434. The minimum atomic E-state index is -1.04. The normalized spacial score (nSPS) is 10.5. The Kier molecular flexibility index (Phi) is 3.95. The summed E-state index contributed by atoms with van der Waals surface area (Å²) in [6.07, 6.45) is 0. The highest BCUT2D eigenvalue weighted by Gasteiger charge is 2.13. The van der Waals surface area contributed by atoms with Crippen molar-refractivity contribution in [1.29, 1.82) is 0 Å². The second-order valence-corrected chi connectivity index (χ2v) is 5.32. The molecule has 0 fully saturated rings. The van der Waals surface area contributed by atoms with Crippen molar-refractivity contribution in [2.24, 2.45) is 0 Å². The summed E-state index contributed by atoms with van der Waals surface area (Å²) in [4.78, 5) is 10.9. The summed E-state index contributed by atoms with van der Waals surface area (Å²) >= 11 is 3.43. The number of furan rings is 1. The standard InChI is InChI=1S/C14H14BrNO3/c1-8-3-10(15)6-11(4-8)16-7-12-5-9(2)13(19-12)14(17)18/h3-6,16H,7H2,1-2H3,(H,17,18). The second kappa shape index (κ2) is 5.48. The molecule has 1 aromatic heterocycles. The molecule has 19 heavy (non-hydrogen) atoms. The predicted octanol–water partition coefficient (Wildman–Crippen LogP) is 3.97. The number of aryl methyl sites for hydroxylation is 2. The molecule has 0 radical (unpaired) electrons. The van der Waals surface area contributed by atoms with Gasteiger partial charge in [-0.1, -0.05) is 15.9 Å². The van der Waals surface area contributed by atoms with Gasteiger partial charge in [0.15, 0.2) is 0 Å². The quantitative estimate of drug-likeness (QED) is 0.893. The zero-order valence-electron chi connectivity index (χ0n) is 10.7. The number of halogens is 1. The first-order valence-electron chi connectivity index (χ1n) is 5.79. The molecule has 2 aromatic rings. The Bertz CT molecular complexity index is 599. The van der Waals surface area contributed by atoms with Gasteiger partial charge in [0.05, 0.1) is 6.54 Å². The van der Waals surface area contributed by atoms with E-state index in [9.17, 15) is 4.79 Å². The third-order valence-electron chi connectivity index (χ3n) is 2.67. The Morgan fingerprint density at radius 1 is 1.32 bits per heavy atom. The summed E-state index contributed by atoms with van der Waals surface area (Å²) < 4.78 is 6.28. The van der Waals surface area contributed by atoms with E-state index in [2.05, 4.69) is 21.2 Å². The smallest absolute Gasteiger partial charge is 0.372 e. The zero-order valence-corrected chi connectivity index (χ0v) is 12.2. The van der Waals surface area contributed by atoms with Crippen LogP contribution in [0.5, 0.6) is 0 Å². The number of benzene rings is 1. The minimum Gasteiger partial charge on any atom is -0.475 e. The number of anilines is 1. The van der Waals surface area contributed by atoms with Crippen molar-refractivity contribution in [2.45, 2.75) is 20.4 Å². The largest absolute Gasteiger partial charge is 0.475 e. The Morgan fingerprint density at radius 3 is 2.63 bits per heavy atom. The van der Waals surface area contributed by atoms with Gasteiger partial charge >= 0.3 is 5.97 Å². The lowest BCUT2D eigenvalue weighted by Crippen LogP contribution is -1.99. The molecule has 0 saturated carbocycles. The third-order valence-corrected chi connectivity index (χ3v) is 3.13. The lowest BCUT2D eigenvalue weighted by atomic mass is 10.2. The van der Waals surface area contributed by atoms with Crippen LogP contribution in [0.2, 0.25) is 0 Å². The van der Waals surface area contributed by atoms with Gasteiger partial charge in [-0.05, 0) is 43.7 Å². The van der Waals surface area contributed by atoms with E-state index in [1.165, 1.54) is 0 Å². The van der Waals surface area contributed by atoms with Gasteiger partial charge in [-0.2, -0.15) is 0 Å². The number of hydrogen-bond donors (Lipinski definition) is 2. The summed E-state index contributed by atoms with van der Waals surface area (Å²) in [5.41, 5.74) is 2.73. The molecule has 5 heteroatoms. The number of carboxylic acids is 1. The van der Waals surface area contributed by atoms with Gasteiger partial charge in [-0.25, -0.2) is 4.79 Å². The van der Waals surface area contributed by atoms with Gasteiger partial charge < -0.3 is 14.8 Å². The summed E-state index contributed by atoms with van der Waals surface area (Å²) in [6, 6.07) is 7.73. The molecule has 0 amide bonds. The molecule has 1 heterocycles. The van der Waals surface area contributed by atoms with Crippen LogP contribution >= 0.6 is 15.9 Å². The van der Waals surface area contributed by atoms with Crippen molar-refractivity contribution < 1.29 is 14.3 Å². The van der Waals surface area contributed by atoms with Crippen LogP contribution in [0.3, 0.4) is 0 Å². The van der Waals surface area contributed by atoms with Crippen LogP contribution in [0.1, 0.15) is 27.4 Å². The minimum absolute atomic E-state index is 0.00206. The van der Waals surface area contributed by atoms with E-state index < -0.39 is 5.97 Å². The zero-order chi connectivity index (χ0) is 14.0. The fourth-order valence-corrected chi connectivity index (χ4v) is 2.48. The summed E-state index contributed by atoms with van der Waals surface area (Å²) in [7, 11) is 0. The topological polar surface area (TPSA) is 62.5 Å². The SMILES string of the molecule is Cc1cc(Br)cc(NCc2cc(C)c(C(=O)O)o2)c1. The average molecular weight is 324 g/mol. The van der Waals surface area contributed by atoms with Crippen molar-refractivity contribution in [3.8, 4) is 0 Å². The van der Waals surface area contributed by atoms with Crippen molar-refractivity contribution in [3.63, 3.8) is 0 Å². The van der Waals surface area contributed by atoms with Gasteiger partial charge in [0.1, 0.15) is 5.76 Å². The van der Waals surface area contributed by atoms with Crippen molar-refractivity contribution in [1.82, 2.24) is 0 Å². The molecule has 0 aliphatic rings. The molecule has 0 aliphatic carbocycles. The van der Waals surface area contributed by atoms with Crippen LogP contribution in [0.4, 0.5) is 5.69 Å². The number of carbonyl (C=O) groups is 1. The highest BCUT2D eigenvalue weighted by Crippen LogP contribution is 2.21. The van der Waals surface area contributed by atoms with Crippen LogP contribution in [-0.4, -0.2) is 11.1 Å². The average Bonchev–Trinajstić information content (AvgIpc) is 2.67. The molecule has 1 aromatic carbocycles. The van der Waals surface area contributed by atoms with E-state index in [0.717, 1.165) is 15.7 Å². The second-order valence-electron chi connectivity index (χ2n) is 4.40. The molecule has 4 nitrogen and oxygen atoms in total. The van der Waals surface area contributed by atoms with Gasteiger partial charge in [-0.3, -0.25) is 0 Å². The lowest BCUT2D eigenvalue weighted by molar-refractivity contribution is 0.0659. The van der Waals surface area contributed by atoms with Crippen molar-refractivity contribution in [2.75, 3.05) is 5.32 Å². The van der Waals surface area contributed by atoms with Crippen LogP contribution in [-0.2, 0) is 6.54 Å². The first-order valence-corrected chi connectivity index (χ1v) is 6.58. The molecular formula is C14H14BrNO3. The van der Waals surface area contributed by atoms with Gasteiger partial charge in [-0.15, -0.1) is 0 Å². The van der Waals surface area contributed by atoms with Gasteiger partial charge in [0, 0.05) is 15.7 Å². The van der Waals surface area contributed by atoms with Gasteiger partial charge in [0.25, 0.3) is 0 Å². The van der Waals surface area contributed by atoms with E-state index in [1.54, 1.807) is 13.0 Å². The molecule has 0 unspecified atom stereocenters. The van der Waals surface area contributed by atoms with Crippen LogP contribution < -0.4 is 5.32 Å². The Morgan fingerprint density at radius 2 is 2.05 bits per heavy atom. The molecule has 0 aliphatic heterocycles. The fraction of sp³-hybridized carbons (Fsp3) is 0.214. The van der Waals surface area contributed by atoms with Crippen LogP contribution in [0, 0.1) is 13.8 Å². The highest BCUT2D eigenvalue weighted by atomic mass is 79.9.